The Morgan fingerprint density at radius 1 is 1.34 bits per heavy atom. The summed E-state index contributed by atoms with van der Waals surface area (Å²) in [5.41, 5.74) is 0.912. The lowest BCUT2D eigenvalue weighted by Crippen LogP contribution is -2.62. The molecule has 0 aromatic carbocycles. The first-order valence-electron chi connectivity index (χ1n) is 9.64. The maximum atomic E-state index is 14.8. The van der Waals surface area contributed by atoms with Gasteiger partial charge in [-0.25, -0.2) is 14.4 Å². The third-order valence-electron chi connectivity index (χ3n) is 5.82. The van der Waals surface area contributed by atoms with E-state index in [1.807, 2.05) is 25.7 Å². The van der Waals surface area contributed by atoms with E-state index in [1.54, 1.807) is 18.6 Å². The van der Waals surface area contributed by atoms with Crippen LogP contribution in [-0.4, -0.2) is 56.3 Å². The molecule has 0 bridgehead atoms. The monoisotopic (exact) mass is 418 g/mol. The van der Waals surface area contributed by atoms with Crippen molar-refractivity contribution in [2.75, 3.05) is 24.5 Å². The minimum atomic E-state index is -0.902. The first-order chi connectivity index (χ1) is 13.8. The minimum Gasteiger partial charge on any atom is -0.388 e. The van der Waals surface area contributed by atoms with Gasteiger partial charge in [-0.3, -0.25) is 4.98 Å². The van der Waals surface area contributed by atoms with Crippen molar-refractivity contribution in [3.8, 4) is 11.3 Å². The average molecular weight is 419 g/mol. The lowest BCUT2D eigenvalue weighted by Gasteiger charge is -2.43. The number of halogens is 2. The van der Waals surface area contributed by atoms with Crippen LogP contribution in [0.15, 0.2) is 24.7 Å². The van der Waals surface area contributed by atoms with E-state index in [9.17, 15) is 9.50 Å². The van der Waals surface area contributed by atoms with Crippen LogP contribution in [0, 0.1) is 11.7 Å². The summed E-state index contributed by atoms with van der Waals surface area (Å²) < 4.78 is 14.8. The van der Waals surface area contributed by atoms with E-state index in [4.69, 9.17) is 11.6 Å². The summed E-state index contributed by atoms with van der Waals surface area (Å²) in [6.07, 6.45) is 4.78. The maximum absolute atomic E-state index is 14.8. The molecule has 1 aliphatic rings. The quantitative estimate of drug-likeness (QED) is 0.603. The highest BCUT2D eigenvalue weighted by Gasteiger charge is 2.38. The standard InChI is InChI=1S/C20H24ClFN6O/c1-11(2)20(3,29)15-10-28(7-6-23-15)19-13(21)8-14(22)16(27-19)12-9-26-18-17(12)24-4-5-25-18/h4-5,8-9,11,15,23,29H,6-7,10H2,1-3H3,(H,25,26)/t15-,20+/m0/s1. The predicted octanol–water partition coefficient (Wildman–Crippen LogP) is 3.00. The summed E-state index contributed by atoms with van der Waals surface area (Å²) in [6.45, 7) is 7.62. The van der Waals surface area contributed by atoms with Crippen LogP contribution < -0.4 is 10.2 Å². The highest BCUT2D eigenvalue weighted by molar-refractivity contribution is 6.33. The lowest BCUT2D eigenvalue weighted by atomic mass is 9.84. The molecule has 4 heterocycles. The number of hydrogen-bond acceptors (Lipinski definition) is 6. The Bertz CT molecular complexity index is 1040. The van der Waals surface area contributed by atoms with Gasteiger partial charge in [-0.1, -0.05) is 25.4 Å². The Hall–Kier alpha value is -2.29. The number of pyridine rings is 1. The molecule has 1 aliphatic heterocycles. The molecule has 7 nitrogen and oxygen atoms in total. The molecule has 3 aromatic heterocycles. The zero-order chi connectivity index (χ0) is 20.8. The molecule has 3 aromatic rings. The molecule has 9 heteroatoms. The Morgan fingerprint density at radius 3 is 2.86 bits per heavy atom. The van der Waals surface area contributed by atoms with Crippen LogP contribution >= 0.6 is 11.6 Å². The van der Waals surface area contributed by atoms with Crippen LogP contribution in [0.3, 0.4) is 0 Å². The van der Waals surface area contributed by atoms with Crippen LogP contribution in [-0.2, 0) is 0 Å². The van der Waals surface area contributed by atoms with E-state index < -0.39 is 11.4 Å². The van der Waals surface area contributed by atoms with Gasteiger partial charge in [0.2, 0.25) is 0 Å². The fraction of sp³-hybridized carbons (Fsp3) is 0.450. The summed E-state index contributed by atoms with van der Waals surface area (Å²) >= 11 is 6.38. The minimum absolute atomic E-state index is 0.0666. The van der Waals surface area contributed by atoms with Gasteiger partial charge in [0, 0.05) is 43.8 Å². The van der Waals surface area contributed by atoms with Crippen LogP contribution in [0.4, 0.5) is 10.2 Å². The van der Waals surface area contributed by atoms with Gasteiger partial charge in [0.1, 0.15) is 17.0 Å². The molecule has 0 unspecified atom stereocenters. The van der Waals surface area contributed by atoms with E-state index in [2.05, 4.69) is 25.3 Å². The van der Waals surface area contributed by atoms with Gasteiger partial charge < -0.3 is 20.3 Å². The van der Waals surface area contributed by atoms with Crippen molar-refractivity contribution in [3.05, 3.63) is 35.5 Å². The number of fused-ring (bicyclic) bond motifs is 1. The van der Waals surface area contributed by atoms with Gasteiger partial charge >= 0.3 is 0 Å². The first-order valence-corrected chi connectivity index (χ1v) is 10.0. The topological polar surface area (TPSA) is 90.0 Å². The fourth-order valence-corrected chi connectivity index (χ4v) is 3.89. The first kappa shape index (κ1) is 20.0. The highest BCUT2D eigenvalue weighted by atomic mass is 35.5. The van der Waals surface area contributed by atoms with Gasteiger partial charge in [0.25, 0.3) is 0 Å². The number of H-pyrrole nitrogens is 1. The van der Waals surface area contributed by atoms with E-state index >= 15 is 0 Å². The van der Waals surface area contributed by atoms with Crippen LogP contribution in [0.1, 0.15) is 20.8 Å². The van der Waals surface area contributed by atoms with Crippen molar-refractivity contribution >= 4 is 28.6 Å². The van der Waals surface area contributed by atoms with Crippen molar-refractivity contribution in [1.82, 2.24) is 25.3 Å². The molecule has 1 saturated heterocycles. The smallest absolute Gasteiger partial charge is 0.156 e. The normalized spacial score (nSPS) is 19.7. The number of aromatic nitrogens is 4. The zero-order valence-electron chi connectivity index (χ0n) is 16.6. The summed E-state index contributed by atoms with van der Waals surface area (Å²) in [6, 6.07) is 1.12. The van der Waals surface area contributed by atoms with Crippen molar-refractivity contribution in [1.29, 1.82) is 0 Å². The third kappa shape index (κ3) is 3.56. The second-order valence-electron chi connectivity index (χ2n) is 7.91. The van der Waals surface area contributed by atoms with Gasteiger partial charge in [-0.15, -0.1) is 0 Å². The summed E-state index contributed by atoms with van der Waals surface area (Å²) in [5, 5.41) is 14.5. The van der Waals surface area contributed by atoms with Crippen LogP contribution in [0.25, 0.3) is 22.4 Å². The van der Waals surface area contributed by atoms with Gasteiger partial charge in [0.05, 0.1) is 16.7 Å². The molecule has 154 valence electrons. The third-order valence-corrected chi connectivity index (χ3v) is 6.10. The predicted molar refractivity (Wildman–Crippen MR) is 112 cm³/mol. The number of aromatic amines is 1. The summed E-state index contributed by atoms with van der Waals surface area (Å²) in [5.74, 6) is 0.0375. The number of nitrogens with zero attached hydrogens (tertiary/aromatic N) is 4. The molecule has 0 saturated carbocycles. The molecule has 29 heavy (non-hydrogen) atoms. The van der Waals surface area contributed by atoms with Crippen molar-refractivity contribution in [3.63, 3.8) is 0 Å². The Kier molecular flexibility index (Phi) is 5.18. The number of aliphatic hydroxyl groups is 1. The second kappa shape index (κ2) is 7.51. The largest absolute Gasteiger partial charge is 0.388 e. The SMILES string of the molecule is CC(C)[C@@](C)(O)[C@@H]1CN(c2nc(-c3c[nH]c4nccnc34)c(F)cc2Cl)CCN1. The number of nitrogens with one attached hydrogen (secondary N) is 2. The fourth-order valence-electron chi connectivity index (χ4n) is 3.63. The van der Waals surface area contributed by atoms with E-state index in [0.29, 0.717) is 42.2 Å². The number of anilines is 1. The molecule has 1 fully saturated rings. The van der Waals surface area contributed by atoms with E-state index in [1.165, 1.54) is 6.07 Å². The average Bonchev–Trinajstić information content (AvgIpc) is 3.12. The Morgan fingerprint density at radius 2 is 2.10 bits per heavy atom. The second-order valence-corrected chi connectivity index (χ2v) is 8.32. The van der Waals surface area contributed by atoms with Crippen LogP contribution in [0.2, 0.25) is 5.02 Å². The maximum Gasteiger partial charge on any atom is 0.156 e. The Labute approximate surface area is 173 Å². The highest BCUT2D eigenvalue weighted by Crippen LogP contribution is 2.34. The Balaban J connectivity index is 1.73. The summed E-state index contributed by atoms with van der Waals surface area (Å²) in [4.78, 5) is 18.1. The molecule has 2 atom stereocenters. The van der Waals surface area contributed by atoms with Gasteiger partial charge in [0.15, 0.2) is 11.5 Å². The molecular formula is C20H24ClFN6O. The number of rotatable bonds is 4. The van der Waals surface area contributed by atoms with Crippen LogP contribution in [0.5, 0.6) is 0 Å². The molecule has 3 N–H and O–H groups in total. The summed E-state index contributed by atoms with van der Waals surface area (Å²) in [7, 11) is 0. The van der Waals surface area contributed by atoms with E-state index in [0.717, 1.165) is 0 Å². The number of piperazine rings is 1. The zero-order valence-corrected chi connectivity index (χ0v) is 17.3. The van der Waals surface area contributed by atoms with Crippen molar-refractivity contribution < 1.29 is 9.50 Å². The van der Waals surface area contributed by atoms with Gasteiger partial charge in [-0.05, 0) is 18.9 Å². The van der Waals surface area contributed by atoms with E-state index in [-0.39, 0.29) is 22.7 Å². The van der Waals surface area contributed by atoms with Crippen molar-refractivity contribution in [2.45, 2.75) is 32.4 Å². The molecule has 0 radical (unpaired) electrons. The molecule has 4 rings (SSSR count). The molecule has 0 amide bonds. The van der Waals surface area contributed by atoms with Gasteiger partial charge in [-0.2, -0.15) is 0 Å². The lowest BCUT2D eigenvalue weighted by molar-refractivity contribution is -0.0231. The van der Waals surface area contributed by atoms with Crippen molar-refractivity contribution in [2.24, 2.45) is 5.92 Å². The molecule has 0 aliphatic carbocycles. The number of hydrogen-bond donors (Lipinski definition) is 3. The molecular weight excluding hydrogens is 395 g/mol. The molecule has 0 spiro atoms.